The van der Waals surface area contributed by atoms with Gasteiger partial charge in [0.15, 0.2) is 5.82 Å². The second-order valence-electron chi connectivity index (χ2n) is 5.31. The maximum atomic E-state index is 11.3. The van der Waals surface area contributed by atoms with E-state index in [1.807, 2.05) is 4.90 Å². The van der Waals surface area contributed by atoms with E-state index in [9.17, 15) is 9.90 Å². The molecule has 106 valence electrons. The number of likely N-dealkylation sites (tertiary alicyclic amines) is 1. The number of hydrogen-bond acceptors (Lipinski definition) is 5. The first kappa shape index (κ1) is 14.0. The third-order valence-corrected chi connectivity index (χ3v) is 3.58. The summed E-state index contributed by atoms with van der Waals surface area (Å²) in [6, 6.07) is -0.433. The third-order valence-electron chi connectivity index (χ3n) is 3.58. The molecule has 6 heteroatoms. The van der Waals surface area contributed by atoms with Gasteiger partial charge in [0.25, 0.3) is 0 Å². The van der Waals surface area contributed by atoms with Crippen LogP contribution in [-0.4, -0.2) is 38.7 Å². The van der Waals surface area contributed by atoms with Gasteiger partial charge in [-0.25, -0.2) is 0 Å². The van der Waals surface area contributed by atoms with Gasteiger partial charge in [0, 0.05) is 6.42 Å². The number of carbonyl (C=O) groups is 1. The van der Waals surface area contributed by atoms with Gasteiger partial charge in [-0.15, -0.1) is 0 Å². The Morgan fingerprint density at radius 3 is 3.05 bits per heavy atom. The molecule has 2 unspecified atom stereocenters. The van der Waals surface area contributed by atoms with Crippen LogP contribution in [0.1, 0.15) is 44.8 Å². The van der Waals surface area contributed by atoms with E-state index in [0.29, 0.717) is 30.6 Å². The molecule has 0 bridgehead atoms. The normalized spacial score (nSPS) is 24.5. The van der Waals surface area contributed by atoms with Gasteiger partial charge in [-0.1, -0.05) is 19.0 Å². The lowest BCUT2D eigenvalue weighted by molar-refractivity contribution is -0.145. The van der Waals surface area contributed by atoms with Crippen molar-refractivity contribution < 1.29 is 14.4 Å². The standard InChI is InChI=1S/C13H21N3O3/c1-3-4-12-14-11(15-19-12)8-16-6-5-9(2)7-10(16)13(17)18/h9-10H,3-8H2,1-2H3,(H,17,18). The number of aromatic nitrogens is 2. The van der Waals surface area contributed by atoms with Crippen molar-refractivity contribution in [2.45, 2.75) is 52.1 Å². The SMILES string of the molecule is CCCc1nc(CN2CCC(C)CC2C(=O)O)no1. The highest BCUT2D eigenvalue weighted by molar-refractivity contribution is 5.73. The number of carboxylic acids is 1. The van der Waals surface area contributed by atoms with Crippen molar-refractivity contribution in [1.29, 1.82) is 0 Å². The molecular formula is C13H21N3O3. The average molecular weight is 267 g/mol. The van der Waals surface area contributed by atoms with Crippen molar-refractivity contribution in [2.75, 3.05) is 6.54 Å². The van der Waals surface area contributed by atoms with Gasteiger partial charge < -0.3 is 9.63 Å². The molecule has 1 aromatic rings. The zero-order chi connectivity index (χ0) is 13.8. The Morgan fingerprint density at radius 2 is 2.37 bits per heavy atom. The zero-order valence-corrected chi connectivity index (χ0v) is 11.5. The Balaban J connectivity index is 2.01. The van der Waals surface area contributed by atoms with Crippen LogP contribution in [-0.2, 0) is 17.8 Å². The highest BCUT2D eigenvalue weighted by atomic mass is 16.5. The van der Waals surface area contributed by atoms with Crippen LogP contribution in [0.15, 0.2) is 4.52 Å². The third kappa shape index (κ3) is 3.53. The predicted octanol–water partition coefficient (Wildman–Crippen LogP) is 1.71. The molecule has 0 aliphatic carbocycles. The molecule has 0 saturated carbocycles. The summed E-state index contributed by atoms with van der Waals surface area (Å²) < 4.78 is 5.13. The largest absolute Gasteiger partial charge is 0.480 e. The highest BCUT2D eigenvalue weighted by Crippen LogP contribution is 2.23. The van der Waals surface area contributed by atoms with Crippen molar-refractivity contribution >= 4 is 5.97 Å². The maximum Gasteiger partial charge on any atom is 0.320 e. The van der Waals surface area contributed by atoms with Crippen LogP contribution in [0.2, 0.25) is 0 Å². The van der Waals surface area contributed by atoms with Crippen molar-refractivity contribution in [2.24, 2.45) is 5.92 Å². The zero-order valence-electron chi connectivity index (χ0n) is 11.5. The highest BCUT2D eigenvalue weighted by Gasteiger charge is 2.32. The lowest BCUT2D eigenvalue weighted by Crippen LogP contribution is -2.46. The van der Waals surface area contributed by atoms with E-state index in [-0.39, 0.29) is 0 Å². The second kappa shape index (κ2) is 6.14. The molecule has 1 aliphatic heterocycles. The van der Waals surface area contributed by atoms with Gasteiger partial charge in [-0.05, 0) is 31.7 Å². The first-order chi connectivity index (χ1) is 9.10. The Kier molecular flexibility index (Phi) is 4.52. The van der Waals surface area contributed by atoms with Crippen LogP contribution in [0, 0.1) is 5.92 Å². The lowest BCUT2D eigenvalue weighted by atomic mass is 9.92. The van der Waals surface area contributed by atoms with Gasteiger partial charge in [0.1, 0.15) is 6.04 Å². The van der Waals surface area contributed by atoms with E-state index >= 15 is 0 Å². The number of nitrogens with zero attached hydrogens (tertiary/aromatic N) is 3. The van der Waals surface area contributed by atoms with Crippen LogP contribution >= 0.6 is 0 Å². The topological polar surface area (TPSA) is 79.5 Å². The van der Waals surface area contributed by atoms with E-state index in [0.717, 1.165) is 25.8 Å². The van der Waals surface area contributed by atoms with Crippen LogP contribution in [0.25, 0.3) is 0 Å². The van der Waals surface area contributed by atoms with E-state index < -0.39 is 12.0 Å². The van der Waals surface area contributed by atoms with E-state index in [2.05, 4.69) is 24.0 Å². The van der Waals surface area contributed by atoms with Gasteiger partial charge in [-0.2, -0.15) is 4.98 Å². The monoisotopic (exact) mass is 267 g/mol. The number of aryl methyl sites for hydroxylation is 1. The van der Waals surface area contributed by atoms with Crippen LogP contribution in [0.5, 0.6) is 0 Å². The van der Waals surface area contributed by atoms with E-state index in [1.165, 1.54) is 0 Å². The fraction of sp³-hybridized carbons (Fsp3) is 0.769. The minimum Gasteiger partial charge on any atom is -0.480 e. The molecule has 0 amide bonds. The fourth-order valence-corrected chi connectivity index (χ4v) is 2.49. The molecule has 1 saturated heterocycles. The Hall–Kier alpha value is -1.43. The Labute approximate surface area is 112 Å². The van der Waals surface area contributed by atoms with Crippen LogP contribution in [0.4, 0.5) is 0 Å². The molecule has 2 heterocycles. The minimum absolute atomic E-state index is 0.433. The Morgan fingerprint density at radius 1 is 1.58 bits per heavy atom. The van der Waals surface area contributed by atoms with Gasteiger partial charge in [0.2, 0.25) is 5.89 Å². The first-order valence-corrected chi connectivity index (χ1v) is 6.88. The molecule has 0 radical (unpaired) electrons. The smallest absolute Gasteiger partial charge is 0.320 e. The lowest BCUT2D eigenvalue weighted by Gasteiger charge is -2.35. The van der Waals surface area contributed by atoms with Crippen LogP contribution < -0.4 is 0 Å². The molecule has 0 spiro atoms. The maximum absolute atomic E-state index is 11.3. The molecule has 1 N–H and O–H groups in total. The molecule has 6 nitrogen and oxygen atoms in total. The van der Waals surface area contributed by atoms with E-state index in [1.54, 1.807) is 0 Å². The molecular weight excluding hydrogens is 246 g/mol. The molecule has 1 fully saturated rings. The number of rotatable bonds is 5. The summed E-state index contributed by atoms with van der Waals surface area (Å²) in [5.74, 6) is 0.918. The first-order valence-electron chi connectivity index (χ1n) is 6.88. The summed E-state index contributed by atoms with van der Waals surface area (Å²) in [5.41, 5.74) is 0. The molecule has 1 aromatic heterocycles. The molecule has 19 heavy (non-hydrogen) atoms. The Bertz CT molecular complexity index is 433. The summed E-state index contributed by atoms with van der Waals surface area (Å²) in [7, 11) is 0. The summed E-state index contributed by atoms with van der Waals surface area (Å²) >= 11 is 0. The van der Waals surface area contributed by atoms with Crippen LogP contribution in [0.3, 0.4) is 0 Å². The van der Waals surface area contributed by atoms with Crippen molar-refractivity contribution in [1.82, 2.24) is 15.0 Å². The summed E-state index contributed by atoms with van der Waals surface area (Å²) in [5, 5.41) is 13.2. The van der Waals surface area contributed by atoms with Crippen molar-refractivity contribution in [3.8, 4) is 0 Å². The van der Waals surface area contributed by atoms with Gasteiger partial charge >= 0.3 is 5.97 Å². The number of carboxylic acid groups (broad SMARTS) is 1. The van der Waals surface area contributed by atoms with E-state index in [4.69, 9.17) is 4.52 Å². The molecule has 1 aliphatic rings. The number of aliphatic carboxylic acids is 1. The fourth-order valence-electron chi connectivity index (χ4n) is 2.49. The second-order valence-corrected chi connectivity index (χ2v) is 5.31. The number of piperidine rings is 1. The average Bonchev–Trinajstić information content (AvgIpc) is 2.79. The molecule has 0 aromatic carbocycles. The van der Waals surface area contributed by atoms with Crippen molar-refractivity contribution in [3.05, 3.63) is 11.7 Å². The predicted molar refractivity (Wildman–Crippen MR) is 68.5 cm³/mol. The quantitative estimate of drug-likeness (QED) is 0.874. The summed E-state index contributed by atoms with van der Waals surface area (Å²) in [6.07, 6.45) is 3.44. The van der Waals surface area contributed by atoms with Crippen molar-refractivity contribution in [3.63, 3.8) is 0 Å². The van der Waals surface area contributed by atoms with Gasteiger partial charge in [-0.3, -0.25) is 9.69 Å². The minimum atomic E-state index is -0.760. The molecule has 2 atom stereocenters. The summed E-state index contributed by atoms with van der Waals surface area (Å²) in [4.78, 5) is 17.5. The summed E-state index contributed by atoms with van der Waals surface area (Å²) in [6.45, 7) is 5.38. The van der Waals surface area contributed by atoms with Gasteiger partial charge in [0.05, 0.1) is 6.54 Å². The number of hydrogen-bond donors (Lipinski definition) is 1. The molecule has 2 rings (SSSR count).